The van der Waals surface area contributed by atoms with E-state index in [2.05, 4.69) is 20.8 Å². The number of benzene rings is 2. The van der Waals surface area contributed by atoms with Crippen molar-refractivity contribution in [3.05, 3.63) is 54.1 Å². The lowest BCUT2D eigenvalue weighted by atomic mass is 9.99. The summed E-state index contributed by atoms with van der Waals surface area (Å²) < 4.78 is 31.5. The second-order valence-corrected chi connectivity index (χ2v) is 9.02. The van der Waals surface area contributed by atoms with E-state index in [0.717, 1.165) is 18.4 Å². The fourth-order valence-electron chi connectivity index (χ4n) is 2.43. The molecule has 4 heteroatoms. The maximum atomic E-state index is 12.8. The Kier molecular flexibility index (Phi) is 5.94. The fraction of sp³-hybridized carbons (Fsp3) is 0.429. The zero-order valence-electron chi connectivity index (χ0n) is 15.7. The first-order valence-corrected chi connectivity index (χ1v) is 10.3. The van der Waals surface area contributed by atoms with E-state index >= 15 is 0 Å². The van der Waals surface area contributed by atoms with Crippen LogP contribution < -0.4 is 4.74 Å². The minimum absolute atomic E-state index is 0.272. The first-order chi connectivity index (χ1) is 11.7. The van der Waals surface area contributed by atoms with E-state index in [4.69, 9.17) is 4.74 Å². The Labute approximate surface area is 152 Å². The van der Waals surface area contributed by atoms with E-state index in [1.807, 2.05) is 26.0 Å². The number of hydrogen-bond acceptors (Lipinski definition) is 3. The Balaban J connectivity index is 2.25. The highest BCUT2D eigenvalue weighted by Gasteiger charge is 2.20. The lowest BCUT2D eigenvalue weighted by Gasteiger charge is -2.24. The van der Waals surface area contributed by atoms with Crippen molar-refractivity contribution in [1.82, 2.24) is 0 Å². The summed E-state index contributed by atoms with van der Waals surface area (Å²) in [6.45, 7) is 10.3. The van der Waals surface area contributed by atoms with Gasteiger partial charge in [-0.2, -0.15) is 0 Å². The van der Waals surface area contributed by atoms with Gasteiger partial charge in [0.25, 0.3) is 0 Å². The molecule has 2 aromatic rings. The van der Waals surface area contributed by atoms with E-state index in [1.165, 1.54) is 0 Å². The van der Waals surface area contributed by atoms with Crippen LogP contribution in [0, 0.1) is 0 Å². The summed E-state index contributed by atoms with van der Waals surface area (Å²) >= 11 is 0. The van der Waals surface area contributed by atoms with Crippen molar-refractivity contribution in [2.45, 2.75) is 68.8 Å². The highest BCUT2D eigenvalue weighted by molar-refractivity contribution is 7.91. The van der Waals surface area contributed by atoms with E-state index < -0.39 is 9.84 Å². The van der Waals surface area contributed by atoms with Crippen LogP contribution in [0.4, 0.5) is 0 Å². The van der Waals surface area contributed by atoms with Gasteiger partial charge in [-0.3, -0.25) is 0 Å². The summed E-state index contributed by atoms with van der Waals surface area (Å²) in [6, 6.07) is 13.9. The summed E-state index contributed by atoms with van der Waals surface area (Å²) in [4.78, 5) is 0.604. The molecule has 3 nitrogen and oxygen atoms in total. The Morgan fingerprint density at radius 3 is 1.84 bits per heavy atom. The smallest absolute Gasteiger partial charge is 0.206 e. The van der Waals surface area contributed by atoms with Gasteiger partial charge in [-0.15, -0.1) is 0 Å². The molecule has 0 radical (unpaired) electrons. The molecule has 0 amide bonds. The van der Waals surface area contributed by atoms with Crippen LogP contribution in [0.2, 0.25) is 0 Å². The molecule has 0 heterocycles. The maximum absolute atomic E-state index is 12.8. The van der Waals surface area contributed by atoms with Crippen LogP contribution in [0.25, 0.3) is 0 Å². The Hall–Kier alpha value is -1.81. The normalized spacial score (nSPS) is 13.5. The molecule has 2 rings (SSSR count). The van der Waals surface area contributed by atoms with Gasteiger partial charge >= 0.3 is 0 Å². The molecule has 0 spiro atoms. The highest BCUT2D eigenvalue weighted by atomic mass is 32.2. The predicted octanol–water partition coefficient (Wildman–Crippen LogP) is 5.60. The van der Waals surface area contributed by atoms with Crippen molar-refractivity contribution < 1.29 is 13.2 Å². The summed E-state index contributed by atoms with van der Waals surface area (Å²) in [5.41, 5.74) is 0.888. The van der Waals surface area contributed by atoms with E-state index in [1.54, 1.807) is 36.4 Å². The largest absolute Gasteiger partial charge is 0.488 e. The molecule has 0 aliphatic carbocycles. The molecule has 25 heavy (non-hydrogen) atoms. The minimum Gasteiger partial charge on any atom is -0.488 e. The van der Waals surface area contributed by atoms with E-state index in [9.17, 15) is 8.42 Å². The summed E-state index contributed by atoms with van der Waals surface area (Å²) in [6.07, 6.45) is 1.90. The Morgan fingerprint density at radius 1 is 0.920 bits per heavy atom. The predicted molar refractivity (Wildman–Crippen MR) is 102 cm³/mol. The van der Waals surface area contributed by atoms with Crippen molar-refractivity contribution in [3.8, 4) is 5.75 Å². The first-order valence-electron chi connectivity index (χ1n) is 8.83. The third-order valence-corrected chi connectivity index (χ3v) is 6.54. The molecule has 0 aromatic heterocycles. The van der Waals surface area contributed by atoms with Gasteiger partial charge in [0, 0.05) is 0 Å². The standard InChI is InChI=1S/C21H28O3S/c1-6-16(3)17-8-12-19(13-9-17)25(22,23)20-14-10-18(11-15-20)24-21(4,5)7-2/h8-16H,6-7H2,1-5H3. The lowest BCUT2D eigenvalue weighted by molar-refractivity contribution is 0.105. The van der Waals surface area contributed by atoms with E-state index in [-0.39, 0.29) is 10.5 Å². The molecular formula is C21H28O3S. The molecule has 0 aliphatic heterocycles. The average molecular weight is 361 g/mol. The van der Waals surface area contributed by atoms with Crippen molar-refractivity contribution in [1.29, 1.82) is 0 Å². The zero-order chi connectivity index (χ0) is 18.7. The van der Waals surface area contributed by atoms with Crippen LogP contribution in [0.3, 0.4) is 0 Å². The zero-order valence-corrected chi connectivity index (χ0v) is 16.6. The molecule has 0 N–H and O–H groups in total. The third-order valence-electron chi connectivity index (χ3n) is 4.75. The monoisotopic (exact) mass is 360 g/mol. The van der Waals surface area contributed by atoms with Crippen molar-refractivity contribution in [3.63, 3.8) is 0 Å². The molecule has 1 atom stereocenters. The topological polar surface area (TPSA) is 43.4 Å². The van der Waals surface area contributed by atoms with Gasteiger partial charge in [0.05, 0.1) is 9.79 Å². The van der Waals surface area contributed by atoms with Gasteiger partial charge < -0.3 is 4.74 Å². The molecule has 0 fully saturated rings. The van der Waals surface area contributed by atoms with Crippen LogP contribution in [0.1, 0.15) is 58.9 Å². The van der Waals surface area contributed by atoms with Gasteiger partial charge in [0.2, 0.25) is 9.84 Å². The lowest BCUT2D eigenvalue weighted by Crippen LogP contribution is -2.26. The highest BCUT2D eigenvalue weighted by Crippen LogP contribution is 2.27. The molecule has 0 bridgehead atoms. The Bertz CT molecular complexity index is 788. The van der Waals surface area contributed by atoms with Crippen molar-refractivity contribution in [2.75, 3.05) is 0 Å². The van der Waals surface area contributed by atoms with Gasteiger partial charge in [0.1, 0.15) is 11.4 Å². The van der Waals surface area contributed by atoms with Gasteiger partial charge in [-0.1, -0.05) is 32.9 Å². The van der Waals surface area contributed by atoms with Crippen LogP contribution in [0.5, 0.6) is 5.75 Å². The first kappa shape index (κ1) is 19.5. The summed E-state index contributed by atoms with van der Waals surface area (Å²) in [7, 11) is -3.51. The number of rotatable bonds is 7. The second kappa shape index (κ2) is 7.61. The number of sulfone groups is 1. The van der Waals surface area contributed by atoms with Crippen molar-refractivity contribution >= 4 is 9.84 Å². The molecule has 0 aliphatic rings. The van der Waals surface area contributed by atoms with Gasteiger partial charge in [-0.05, 0) is 74.6 Å². The average Bonchev–Trinajstić information content (AvgIpc) is 2.61. The molecule has 136 valence electrons. The number of ether oxygens (including phenoxy) is 1. The number of hydrogen-bond donors (Lipinski definition) is 0. The van der Waals surface area contributed by atoms with Crippen LogP contribution in [0.15, 0.2) is 58.3 Å². The molecule has 1 unspecified atom stereocenters. The molecule has 0 saturated heterocycles. The summed E-state index contributed by atoms with van der Waals surface area (Å²) in [5.74, 6) is 1.10. The molecular weight excluding hydrogens is 332 g/mol. The van der Waals surface area contributed by atoms with Crippen LogP contribution in [-0.2, 0) is 9.84 Å². The molecule has 2 aromatic carbocycles. The second-order valence-electron chi connectivity index (χ2n) is 7.07. The van der Waals surface area contributed by atoms with Gasteiger partial charge in [-0.25, -0.2) is 8.42 Å². The third kappa shape index (κ3) is 4.63. The SMILES string of the molecule is CCC(C)c1ccc(S(=O)(=O)c2ccc(OC(C)(C)CC)cc2)cc1. The molecule has 0 saturated carbocycles. The van der Waals surface area contributed by atoms with Crippen LogP contribution >= 0.6 is 0 Å². The maximum Gasteiger partial charge on any atom is 0.206 e. The fourth-order valence-corrected chi connectivity index (χ4v) is 3.69. The van der Waals surface area contributed by atoms with E-state index in [0.29, 0.717) is 16.6 Å². The quantitative estimate of drug-likeness (QED) is 0.645. The Morgan fingerprint density at radius 2 is 1.40 bits per heavy atom. The summed E-state index contributed by atoms with van der Waals surface area (Å²) in [5, 5.41) is 0. The van der Waals surface area contributed by atoms with Crippen LogP contribution in [-0.4, -0.2) is 14.0 Å². The minimum atomic E-state index is -3.51. The van der Waals surface area contributed by atoms with Gasteiger partial charge in [0.15, 0.2) is 0 Å². The van der Waals surface area contributed by atoms with Crippen molar-refractivity contribution in [2.24, 2.45) is 0 Å².